The quantitative estimate of drug-likeness (QED) is 0.313. The van der Waals surface area contributed by atoms with Gasteiger partial charge < -0.3 is 0 Å². The first-order valence-electron chi connectivity index (χ1n) is 2.23. The van der Waals surface area contributed by atoms with E-state index in [-0.39, 0.29) is 0 Å². The molecule has 0 saturated heterocycles. The van der Waals surface area contributed by atoms with Crippen LogP contribution in [0.4, 0.5) is 0 Å². The van der Waals surface area contributed by atoms with Crippen LogP contribution in [0.15, 0.2) is 12.2 Å². The molecule has 0 rings (SSSR count). The summed E-state index contributed by atoms with van der Waals surface area (Å²) in [5.41, 5.74) is 1.05. The summed E-state index contributed by atoms with van der Waals surface area (Å²) in [7, 11) is 0. The van der Waals surface area contributed by atoms with Gasteiger partial charge in [-0.2, -0.15) is 37.9 Å². The normalized spacial score (nSPS) is 11.5. The van der Waals surface area contributed by atoms with Gasteiger partial charge in [0.2, 0.25) is 0 Å². The smallest absolute Gasteiger partial charge is 0.102 e. The lowest BCUT2D eigenvalue weighted by atomic mass is 10.3. The third-order valence-corrected chi connectivity index (χ3v) is 1.01. The highest BCUT2D eigenvalue weighted by Crippen LogP contribution is 2.30. The first-order chi connectivity index (χ1) is 3.42. The first kappa shape index (κ1) is 8.79. The van der Waals surface area contributed by atoms with E-state index in [1.165, 1.54) is 0 Å². The number of rotatable bonds is 2. The summed E-state index contributed by atoms with van der Waals surface area (Å²) in [5, 5.41) is 0. The van der Waals surface area contributed by atoms with Gasteiger partial charge in [-0.25, -0.2) is 0 Å². The van der Waals surface area contributed by atoms with Crippen molar-refractivity contribution in [2.24, 2.45) is 0 Å². The Morgan fingerprint density at radius 3 is 1.88 bits per heavy atom. The van der Waals surface area contributed by atoms with Crippen molar-refractivity contribution >= 4 is 37.9 Å². The van der Waals surface area contributed by atoms with Gasteiger partial charge in [0.25, 0.3) is 0 Å². The molecule has 8 heavy (non-hydrogen) atoms. The molecule has 0 spiro atoms. The molecule has 0 aromatic heterocycles. The van der Waals surface area contributed by atoms with Gasteiger partial charge >= 0.3 is 0 Å². The number of hydrogen-bond donors (Lipinski definition) is 3. The van der Waals surface area contributed by atoms with Crippen molar-refractivity contribution in [1.82, 2.24) is 0 Å². The SMILES string of the molecule is C=C(C)CC(S)(S)S. The van der Waals surface area contributed by atoms with Gasteiger partial charge in [-0.3, -0.25) is 0 Å². The van der Waals surface area contributed by atoms with E-state index in [1.54, 1.807) is 0 Å². The zero-order valence-corrected chi connectivity index (χ0v) is 7.44. The highest BCUT2D eigenvalue weighted by molar-refractivity contribution is 8.16. The maximum absolute atomic E-state index is 4.06. The second-order valence-corrected chi connectivity index (χ2v) is 5.26. The third kappa shape index (κ3) is 6.79. The highest BCUT2D eigenvalue weighted by Gasteiger charge is 2.12. The molecular formula is C5H10S3. The Labute approximate surface area is 67.0 Å². The predicted octanol–water partition coefficient (Wildman–Crippen LogP) is 2.40. The fourth-order valence-electron chi connectivity index (χ4n) is 0.405. The molecule has 0 aliphatic carbocycles. The molecule has 0 bridgehead atoms. The fourth-order valence-corrected chi connectivity index (χ4v) is 1.21. The molecule has 3 heteroatoms. The molecule has 0 amide bonds. The first-order valence-corrected chi connectivity index (χ1v) is 3.57. The zero-order chi connectivity index (χ0) is 6.78. The lowest BCUT2D eigenvalue weighted by Gasteiger charge is -2.13. The van der Waals surface area contributed by atoms with E-state index < -0.39 is 3.41 Å². The molecule has 0 heterocycles. The van der Waals surface area contributed by atoms with Crippen LogP contribution in [0, 0.1) is 0 Å². The van der Waals surface area contributed by atoms with Gasteiger partial charge in [0.1, 0.15) is 3.41 Å². The van der Waals surface area contributed by atoms with Crippen LogP contribution in [0.1, 0.15) is 13.3 Å². The van der Waals surface area contributed by atoms with Gasteiger partial charge in [-0.15, -0.1) is 6.58 Å². The van der Waals surface area contributed by atoms with Crippen LogP contribution in [0.2, 0.25) is 0 Å². The molecule has 0 nitrogen and oxygen atoms in total. The minimum atomic E-state index is -0.494. The van der Waals surface area contributed by atoms with Gasteiger partial charge in [0.15, 0.2) is 0 Å². The zero-order valence-electron chi connectivity index (χ0n) is 4.76. The van der Waals surface area contributed by atoms with Crippen molar-refractivity contribution in [1.29, 1.82) is 0 Å². The molecule has 48 valence electrons. The molecule has 0 aromatic carbocycles. The molecule has 0 aliphatic rings. The number of allylic oxidation sites excluding steroid dienone is 1. The van der Waals surface area contributed by atoms with Crippen molar-refractivity contribution < 1.29 is 0 Å². The van der Waals surface area contributed by atoms with Crippen LogP contribution in [0.25, 0.3) is 0 Å². The van der Waals surface area contributed by atoms with E-state index in [2.05, 4.69) is 44.5 Å². The largest absolute Gasteiger partial charge is 0.151 e. The average molecular weight is 166 g/mol. The molecule has 0 unspecified atom stereocenters. The van der Waals surface area contributed by atoms with E-state index in [9.17, 15) is 0 Å². The Morgan fingerprint density at radius 1 is 1.50 bits per heavy atom. The van der Waals surface area contributed by atoms with Crippen LogP contribution in [-0.2, 0) is 0 Å². The molecule has 0 atom stereocenters. The van der Waals surface area contributed by atoms with Gasteiger partial charge in [0, 0.05) is 6.42 Å². The number of thiol groups is 3. The summed E-state index contributed by atoms with van der Waals surface area (Å²) >= 11 is 12.2. The molecule has 0 aromatic rings. The summed E-state index contributed by atoms with van der Waals surface area (Å²) in [6.45, 7) is 5.62. The summed E-state index contributed by atoms with van der Waals surface area (Å²) in [6, 6.07) is 0. The van der Waals surface area contributed by atoms with Crippen molar-refractivity contribution in [2.75, 3.05) is 0 Å². The second kappa shape index (κ2) is 3.08. The molecular weight excluding hydrogens is 156 g/mol. The van der Waals surface area contributed by atoms with E-state index in [0.29, 0.717) is 0 Å². The predicted molar refractivity (Wildman–Crippen MR) is 49.1 cm³/mol. The average Bonchev–Trinajstić information content (AvgIpc) is 1.21. The lowest BCUT2D eigenvalue weighted by Crippen LogP contribution is -2.01. The van der Waals surface area contributed by atoms with Gasteiger partial charge in [-0.1, -0.05) is 5.57 Å². The summed E-state index contributed by atoms with van der Waals surface area (Å²) in [6.07, 6.45) is 0.725. The standard InChI is InChI=1S/C5H10S3/c1-4(2)3-5(6,7)8/h6-8H,1,3H2,2H3. The summed E-state index contributed by atoms with van der Waals surface area (Å²) in [4.78, 5) is 0. The van der Waals surface area contributed by atoms with E-state index >= 15 is 0 Å². The van der Waals surface area contributed by atoms with E-state index in [4.69, 9.17) is 0 Å². The third-order valence-electron chi connectivity index (χ3n) is 0.539. The van der Waals surface area contributed by atoms with Gasteiger partial charge in [0.05, 0.1) is 0 Å². The Hall–Kier alpha value is 0.790. The molecule has 0 saturated carbocycles. The minimum Gasteiger partial charge on any atom is -0.151 e. The molecule has 0 N–H and O–H groups in total. The fraction of sp³-hybridized carbons (Fsp3) is 0.600. The topological polar surface area (TPSA) is 0 Å². The van der Waals surface area contributed by atoms with Crippen LogP contribution in [0.5, 0.6) is 0 Å². The molecule has 0 aliphatic heterocycles. The Bertz CT molecular complexity index is 90.3. The lowest BCUT2D eigenvalue weighted by molar-refractivity contribution is 1.05. The van der Waals surface area contributed by atoms with Crippen molar-refractivity contribution in [3.05, 3.63) is 12.2 Å². The second-order valence-electron chi connectivity index (χ2n) is 1.91. The van der Waals surface area contributed by atoms with Crippen molar-refractivity contribution in [3.8, 4) is 0 Å². The Kier molecular flexibility index (Phi) is 3.39. The number of hydrogen-bond acceptors (Lipinski definition) is 3. The van der Waals surface area contributed by atoms with Crippen molar-refractivity contribution in [2.45, 2.75) is 16.8 Å². The monoisotopic (exact) mass is 166 g/mol. The summed E-state index contributed by atoms with van der Waals surface area (Å²) < 4.78 is -0.494. The minimum absolute atomic E-state index is 0.494. The van der Waals surface area contributed by atoms with Crippen LogP contribution >= 0.6 is 37.9 Å². The summed E-state index contributed by atoms with van der Waals surface area (Å²) in [5.74, 6) is 0. The van der Waals surface area contributed by atoms with Crippen LogP contribution < -0.4 is 0 Å². The van der Waals surface area contributed by atoms with Crippen LogP contribution in [-0.4, -0.2) is 3.41 Å². The molecule has 0 radical (unpaired) electrons. The van der Waals surface area contributed by atoms with Crippen LogP contribution in [0.3, 0.4) is 0 Å². The molecule has 0 fully saturated rings. The van der Waals surface area contributed by atoms with E-state index in [0.717, 1.165) is 12.0 Å². The van der Waals surface area contributed by atoms with Crippen molar-refractivity contribution in [3.63, 3.8) is 0 Å². The highest BCUT2D eigenvalue weighted by atomic mass is 32.2. The van der Waals surface area contributed by atoms with Gasteiger partial charge in [-0.05, 0) is 6.92 Å². The maximum Gasteiger partial charge on any atom is 0.102 e. The Morgan fingerprint density at radius 2 is 1.88 bits per heavy atom. The van der Waals surface area contributed by atoms with E-state index in [1.807, 2.05) is 6.92 Å². The Balaban J connectivity index is 3.55. The maximum atomic E-state index is 4.06.